The maximum atomic E-state index is 13.4. The van der Waals surface area contributed by atoms with E-state index in [1.807, 2.05) is 12.1 Å². The van der Waals surface area contributed by atoms with Crippen LogP contribution in [0.15, 0.2) is 59.3 Å². The first kappa shape index (κ1) is 25.2. The van der Waals surface area contributed by atoms with Crippen molar-refractivity contribution in [3.8, 4) is 11.5 Å². The Bertz CT molecular complexity index is 1680. The number of benzene rings is 1. The molecule has 14 heteroatoms. The zero-order valence-electron chi connectivity index (χ0n) is 21.8. The van der Waals surface area contributed by atoms with Crippen LogP contribution in [0, 0.1) is 0 Å². The number of tetrazole rings is 1. The fourth-order valence-corrected chi connectivity index (χ4v) is 4.71. The van der Waals surface area contributed by atoms with Crippen LogP contribution in [0.2, 0.25) is 0 Å². The molecule has 1 aliphatic rings. The minimum absolute atomic E-state index is 0.171. The van der Waals surface area contributed by atoms with E-state index in [0.29, 0.717) is 71.6 Å². The second-order valence-electron chi connectivity index (χ2n) is 9.33. The lowest BCUT2D eigenvalue weighted by atomic mass is 10.1. The molecule has 6 rings (SSSR count). The van der Waals surface area contributed by atoms with Gasteiger partial charge in [0.05, 0.1) is 12.7 Å². The Morgan fingerprint density at radius 1 is 1.02 bits per heavy atom. The van der Waals surface area contributed by atoms with Crippen LogP contribution in [0.4, 0.5) is 5.69 Å². The summed E-state index contributed by atoms with van der Waals surface area (Å²) in [6, 6.07) is 12.0. The Morgan fingerprint density at radius 3 is 2.60 bits per heavy atom. The second-order valence-corrected chi connectivity index (χ2v) is 9.33. The maximum absolute atomic E-state index is 13.4. The van der Waals surface area contributed by atoms with Crippen LogP contribution in [0.25, 0.3) is 22.6 Å². The van der Waals surface area contributed by atoms with E-state index in [4.69, 9.17) is 4.42 Å². The molecule has 40 heavy (non-hydrogen) atoms. The highest BCUT2D eigenvalue weighted by molar-refractivity contribution is 5.94. The summed E-state index contributed by atoms with van der Waals surface area (Å²) in [6.45, 7) is 3.56. The van der Waals surface area contributed by atoms with Crippen molar-refractivity contribution >= 4 is 28.6 Å². The summed E-state index contributed by atoms with van der Waals surface area (Å²) < 4.78 is 5.91. The van der Waals surface area contributed by atoms with Crippen LogP contribution >= 0.6 is 0 Å². The number of aromatic nitrogens is 8. The average Bonchev–Trinajstić information content (AvgIpc) is 3.59. The monoisotopic (exact) mass is 539 g/mol. The van der Waals surface area contributed by atoms with E-state index >= 15 is 0 Å². The Hall–Kier alpha value is -5.11. The molecule has 1 unspecified atom stereocenters. The highest BCUT2D eigenvalue weighted by atomic mass is 16.3. The van der Waals surface area contributed by atoms with E-state index in [1.54, 1.807) is 54.7 Å². The van der Waals surface area contributed by atoms with Crippen molar-refractivity contribution in [2.75, 3.05) is 31.5 Å². The van der Waals surface area contributed by atoms with E-state index in [0.717, 1.165) is 0 Å². The van der Waals surface area contributed by atoms with Crippen molar-refractivity contribution in [3.63, 3.8) is 0 Å². The quantitative estimate of drug-likeness (QED) is 0.334. The van der Waals surface area contributed by atoms with Gasteiger partial charge in [-0.2, -0.15) is 15.0 Å². The van der Waals surface area contributed by atoms with Gasteiger partial charge in [-0.05, 0) is 47.7 Å². The first-order valence-corrected chi connectivity index (χ1v) is 12.6. The van der Waals surface area contributed by atoms with Gasteiger partial charge in [-0.3, -0.25) is 19.5 Å². The van der Waals surface area contributed by atoms with Crippen LogP contribution in [-0.4, -0.2) is 88.2 Å². The summed E-state index contributed by atoms with van der Waals surface area (Å²) in [4.78, 5) is 39.0. The molecular formula is C26H25N11O3. The number of carbonyl (C=O) groups excluding carboxylic acids is 2. The molecule has 0 bridgehead atoms. The number of oxazole rings is 1. The topological polar surface area (TPSA) is 161 Å². The van der Waals surface area contributed by atoms with Crippen molar-refractivity contribution in [1.29, 1.82) is 0 Å². The number of aryl methyl sites for hydroxylation is 1. The SMILES string of the molecule is CC(=O)Nc1ccc2oc(-c3ccnc(C(=O)N4CCN(C(c5cccnn5)c5nnn(C)n5)CC4)c3)nc2c1. The number of amides is 2. The number of anilines is 1. The molecule has 2 amide bonds. The van der Waals surface area contributed by atoms with Gasteiger partial charge >= 0.3 is 0 Å². The molecular weight excluding hydrogens is 514 g/mol. The van der Waals surface area contributed by atoms with E-state index in [-0.39, 0.29) is 17.9 Å². The van der Waals surface area contributed by atoms with Gasteiger partial charge in [0, 0.05) is 56.7 Å². The number of rotatable bonds is 6. The molecule has 0 spiro atoms. The lowest BCUT2D eigenvalue weighted by molar-refractivity contribution is -0.114. The Morgan fingerprint density at radius 2 is 1.88 bits per heavy atom. The summed E-state index contributed by atoms with van der Waals surface area (Å²) in [5.41, 5.74) is 3.44. The maximum Gasteiger partial charge on any atom is 0.272 e. The number of pyridine rings is 1. The molecule has 0 saturated carbocycles. The lowest BCUT2D eigenvalue weighted by Gasteiger charge is -2.37. The Labute approximate surface area is 228 Å². The van der Waals surface area contributed by atoms with E-state index in [9.17, 15) is 9.59 Å². The van der Waals surface area contributed by atoms with Gasteiger partial charge in [-0.1, -0.05) is 0 Å². The van der Waals surface area contributed by atoms with Gasteiger partial charge in [-0.15, -0.1) is 10.2 Å². The predicted molar refractivity (Wildman–Crippen MR) is 142 cm³/mol. The van der Waals surface area contributed by atoms with E-state index < -0.39 is 0 Å². The zero-order valence-corrected chi connectivity index (χ0v) is 21.8. The van der Waals surface area contributed by atoms with Crippen molar-refractivity contribution in [3.05, 3.63) is 72.1 Å². The van der Waals surface area contributed by atoms with Crippen molar-refractivity contribution in [2.24, 2.45) is 7.05 Å². The highest BCUT2D eigenvalue weighted by Crippen LogP contribution is 2.28. The fraction of sp³-hybridized carbons (Fsp3) is 0.269. The van der Waals surface area contributed by atoms with Crippen LogP contribution in [0.3, 0.4) is 0 Å². The number of piperazine rings is 1. The number of fused-ring (bicyclic) bond motifs is 1. The summed E-state index contributed by atoms with van der Waals surface area (Å²) in [5, 5.41) is 23.6. The molecule has 1 fully saturated rings. The predicted octanol–water partition coefficient (Wildman–Crippen LogP) is 1.71. The molecule has 1 saturated heterocycles. The normalized spacial score (nSPS) is 14.8. The molecule has 5 heterocycles. The molecule has 1 aromatic carbocycles. The molecule has 4 aromatic heterocycles. The summed E-state index contributed by atoms with van der Waals surface area (Å²) >= 11 is 0. The average molecular weight is 540 g/mol. The first-order valence-electron chi connectivity index (χ1n) is 12.6. The third-order valence-electron chi connectivity index (χ3n) is 6.54. The van der Waals surface area contributed by atoms with Gasteiger partial charge in [0.1, 0.15) is 17.3 Å². The zero-order chi connectivity index (χ0) is 27.6. The van der Waals surface area contributed by atoms with E-state index in [2.05, 4.69) is 45.8 Å². The van der Waals surface area contributed by atoms with Gasteiger partial charge in [0.25, 0.3) is 5.91 Å². The third kappa shape index (κ3) is 5.11. The number of carbonyl (C=O) groups is 2. The number of nitrogens with zero attached hydrogens (tertiary/aromatic N) is 10. The smallest absolute Gasteiger partial charge is 0.272 e. The standard InChI is InChI=1S/C26H25N11O3/c1-16(38)29-18-5-6-22-20(15-18)30-25(40-22)17-7-9-27-21(14-17)26(39)37-12-10-36(11-13-37)23(19-4-3-8-28-31-19)24-32-34-35(2)33-24/h3-9,14-15,23H,10-13H2,1-2H3,(H,29,38). The molecule has 202 valence electrons. The molecule has 0 radical (unpaired) electrons. The van der Waals surface area contributed by atoms with Crippen molar-refractivity contribution in [1.82, 2.24) is 50.2 Å². The van der Waals surface area contributed by atoms with E-state index in [1.165, 1.54) is 11.7 Å². The third-order valence-corrected chi connectivity index (χ3v) is 6.54. The van der Waals surface area contributed by atoms with Gasteiger partial charge < -0.3 is 14.6 Å². The van der Waals surface area contributed by atoms with Crippen LogP contribution in [-0.2, 0) is 11.8 Å². The molecule has 0 aliphatic carbocycles. The van der Waals surface area contributed by atoms with Crippen LogP contribution in [0.5, 0.6) is 0 Å². The first-order chi connectivity index (χ1) is 19.4. The lowest BCUT2D eigenvalue weighted by Crippen LogP contribution is -2.50. The Kier molecular flexibility index (Phi) is 6.66. The number of hydrogen-bond acceptors (Lipinski definition) is 11. The van der Waals surface area contributed by atoms with Crippen LogP contribution < -0.4 is 5.32 Å². The Balaban J connectivity index is 1.18. The number of hydrogen-bond donors (Lipinski definition) is 1. The number of nitrogens with one attached hydrogen (secondary N) is 1. The van der Waals surface area contributed by atoms with Crippen LogP contribution in [0.1, 0.15) is 35.0 Å². The second kappa shape index (κ2) is 10.6. The minimum atomic E-state index is -0.327. The van der Waals surface area contributed by atoms with Gasteiger partial charge in [0.15, 0.2) is 11.4 Å². The van der Waals surface area contributed by atoms with Crippen molar-refractivity contribution < 1.29 is 14.0 Å². The van der Waals surface area contributed by atoms with Gasteiger partial charge in [0.2, 0.25) is 11.8 Å². The minimum Gasteiger partial charge on any atom is -0.436 e. The van der Waals surface area contributed by atoms with Crippen molar-refractivity contribution in [2.45, 2.75) is 13.0 Å². The largest absolute Gasteiger partial charge is 0.436 e. The summed E-state index contributed by atoms with van der Waals surface area (Å²) in [6.07, 6.45) is 3.19. The molecule has 1 aliphatic heterocycles. The molecule has 1 atom stereocenters. The highest BCUT2D eigenvalue weighted by Gasteiger charge is 2.32. The summed E-state index contributed by atoms with van der Waals surface area (Å²) in [7, 11) is 1.71. The molecule has 14 nitrogen and oxygen atoms in total. The van der Waals surface area contributed by atoms with Gasteiger partial charge in [-0.25, -0.2) is 4.98 Å². The summed E-state index contributed by atoms with van der Waals surface area (Å²) in [5.74, 6) is 0.536. The molecule has 1 N–H and O–H groups in total. The fourth-order valence-electron chi connectivity index (χ4n) is 4.71. The molecule has 5 aromatic rings.